The molecular formula is C25H17BrN2O4S. The van der Waals surface area contributed by atoms with Crippen LogP contribution in [-0.2, 0) is 9.59 Å². The molecule has 0 bridgehead atoms. The smallest absolute Gasteiger partial charge is 0.301 e. The quantitative estimate of drug-likeness (QED) is 0.212. The summed E-state index contributed by atoms with van der Waals surface area (Å²) in [5.74, 6) is -1.03. The number of carbonyl (C=O) groups is 2. The fraction of sp³-hybridized carbons (Fsp3) is 0.0800. The first kappa shape index (κ1) is 21.4. The van der Waals surface area contributed by atoms with E-state index in [9.17, 15) is 14.7 Å². The van der Waals surface area contributed by atoms with Gasteiger partial charge in [-0.1, -0.05) is 69.7 Å². The highest BCUT2D eigenvalue weighted by Gasteiger charge is 2.48. The van der Waals surface area contributed by atoms with Crippen molar-refractivity contribution in [2.75, 3.05) is 12.0 Å². The van der Waals surface area contributed by atoms with Crippen molar-refractivity contribution in [2.45, 2.75) is 6.04 Å². The number of rotatable bonds is 4. The molecular weight excluding hydrogens is 504 g/mol. The molecule has 1 saturated heterocycles. The van der Waals surface area contributed by atoms with Crippen LogP contribution in [0.3, 0.4) is 0 Å². The van der Waals surface area contributed by atoms with Gasteiger partial charge in [0.1, 0.15) is 11.5 Å². The maximum absolute atomic E-state index is 13.3. The fourth-order valence-electron chi connectivity index (χ4n) is 3.90. The van der Waals surface area contributed by atoms with Crippen molar-refractivity contribution >= 4 is 60.1 Å². The van der Waals surface area contributed by atoms with Gasteiger partial charge in [-0.05, 0) is 35.9 Å². The molecule has 0 radical (unpaired) electrons. The van der Waals surface area contributed by atoms with Crippen LogP contribution in [0.2, 0.25) is 0 Å². The van der Waals surface area contributed by atoms with Crippen LogP contribution in [0.4, 0.5) is 5.13 Å². The monoisotopic (exact) mass is 520 g/mol. The second-order valence-electron chi connectivity index (χ2n) is 7.42. The average Bonchev–Trinajstić information content (AvgIpc) is 3.37. The number of hydrogen-bond donors (Lipinski definition) is 1. The summed E-state index contributed by atoms with van der Waals surface area (Å²) in [7, 11) is 1.58. The Labute approximate surface area is 201 Å². The van der Waals surface area contributed by atoms with Gasteiger partial charge in [0.15, 0.2) is 5.13 Å². The van der Waals surface area contributed by atoms with Crippen LogP contribution in [0.1, 0.15) is 17.2 Å². The highest BCUT2D eigenvalue weighted by molar-refractivity contribution is 9.10. The lowest BCUT2D eigenvalue weighted by Crippen LogP contribution is -2.29. The number of benzene rings is 3. The van der Waals surface area contributed by atoms with Crippen LogP contribution in [0.25, 0.3) is 16.0 Å². The van der Waals surface area contributed by atoms with E-state index < -0.39 is 17.7 Å². The van der Waals surface area contributed by atoms with Crippen molar-refractivity contribution in [3.63, 3.8) is 0 Å². The number of hydrogen-bond acceptors (Lipinski definition) is 6. The molecule has 1 fully saturated rings. The van der Waals surface area contributed by atoms with E-state index in [0.29, 0.717) is 27.5 Å². The van der Waals surface area contributed by atoms with Gasteiger partial charge < -0.3 is 9.84 Å². The Morgan fingerprint density at radius 3 is 2.58 bits per heavy atom. The van der Waals surface area contributed by atoms with Crippen molar-refractivity contribution in [3.05, 3.63) is 94.0 Å². The second kappa shape index (κ2) is 8.46. The molecule has 1 aromatic heterocycles. The Hall–Kier alpha value is -3.49. The standard InChI is InChI=1S/C25H17BrN2O4S/c1-32-17-10-11-18-19(13-17)33-25(27-18)28-21(15-8-5-9-16(26)12-15)20(23(30)24(28)31)22(29)14-6-3-2-4-7-14/h2-13,21,29H,1H3. The summed E-state index contributed by atoms with van der Waals surface area (Å²) in [4.78, 5) is 32.5. The molecule has 5 rings (SSSR count). The number of carbonyl (C=O) groups excluding carboxylic acids is 2. The van der Waals surface area contributed by atoms with E-state index in [4.69, 9.17) is 4.74 Å². The minimum atomic E-state index is -0.829. The van der Waals surface area contributed by atoms with Crippen LogP contribution in [-0.4, -0.2) is 28.9 Å². The van der Waals surface area contributed by atoms with Crippen LogP contribution < -0.4 is 9.64 Å². The zero-order valence-corrected chi connectivity index (χ0v) is 19.8. The SMILES string of the molecule is COc1ccc2nc(N3C(=O)C(=O)C(=C(O)c4ccccc4)C3c3cccc(Br)c3)sc2c1. The number of aliphatic hydroxyl groups excluding tert-OH is 1. The summed E-state index contributed by atoms with van der Waals surface area (Å²) in [5.41, 5.74) is 1.86. The van der Waals surface area contributed by atoms with Crippen LogP contribution >= 0.6 is 27.3 Å². The average molecular weight is 521 g/mol. The molecule has 4 aromatic rings. The minimum absolute atomic E-state index is 0.0288. The Kier molecular flexibility index (Phi) is 5.47. The highest BCUT2D eigenvalue weighted by Crippen LogP contribution is 2.44. The molecule has 1 unspecified atom stereocenters. The molecule has 1 aliphatic heterocycles. The maximum Gasteiger partial charge on any atom is 0.301 e. The summed E-state index contributed by atoms with van der Waals surface area (Å²) in [5, 5.41) is 11.5. The third-order valence-electron chi connectivity index (χ3n) is 5.45. The predicted molar refractivity (Wildman–Crippen MR) is 132 cm³/mol. The van der Waals surface area contributed by atoms with E-state index in [1.54, 1.807) is 37.4 Å². The lowest BCUT2D eigenvalue weighted by molar-refractivity contribution is -0.132. The van der Waals surface area contributed by atoms with Gasteiger partial charge in [0.05, 0.1) is 28.9 Å². The molecule has 1 N–H and O–H groups in total. The molecule has 2 heterocycles. The number of methoxy groups -OCH3 is 1. The number of fused-ring (bicyclic) bond motifs is 1. The van der Waals surface area contributed by atoms with Gasteiger partial charge in [-0.25, -0.2) is 4.98 Å². The van der Waals surface area contributed by atoms with E-state index in [1.165, 1.54) is 16.2 Å². The van der Waals surface area contributed by atoms with Crippen LogP contribution in [0.15, 0.2) is 82.8 Å². The number of amides is 1. The third-order valence-corrected chi connectivity index (χ3v) is 6.96. The van der Waals surface area contributed by atoms with E-state index in [1.807, 2.05) is 42.5 Å². The van der Waals surface area contributed by atoms with E-state index in [-0.39, 0.29) is 11.3 Å². The van der Waals surface area contributed by atoms with E-state index in [0.717, 1.165) is 9.17 Å². The summed E-state index contributed by atoms with van der Waals surface area (Å²) < 4.78 is 6.91. The van der Waals surface area contributed by atoms with Gasteiger partial charge in [0.2, 0.25) is 0 Å². The van der Waals surface area contributed by atoms with Gasteiger partial charge in [-0.2, -0.15) is 0 Å². The number of aromatic nitrogens is 1. The number of Topliss-reactive ketones (excluding diaryl/α,β-unsaturated/α-hetero) is 1. The minimum Gasteiger partial charge on any atom is -0.507 e. The summed E-state index contributed by atoms with van der Waals surface area (Å²) in [6.45, 7) is 0. The van der Waals surface area contributed by atoms with Crippen molar-refractivity contribution in [1.82, 2.24) is 4.98 Å². The maximum atomic E-state index is 13.3. The van der Waals surface area contributed by atoms with E-state index in [2.05, 4.69) is 20.9 Å². The normalized spacial score (nSPS) is 17.6. The van der Waals surface area contributed by atoms with Gasteiger partial charge in [0, 0.05) is 10.0 Å². The number of aliphatic hydroxyl groups is 1. The van der Waals surface area contributed by atoms with Crippen molar-refractivity contribution in [3.8, 4) is 5.75 Å². The van der Waals surface area contributed by atoms with Crippen molar-refractivity contribution in [1.29, 1.82) is 0 Å². The largest absolute Gasteiger partial charge is 0.507 e. The zero-order chi connectivity index (χ0) is 23.1. The molecule has 1 amide bonds. The molecule has 0 aliphatic carbocycles. The summed E-state index contributed by atoms with van der Waals surface area (Å²) in [6, 6.07) is 20.7. The zero-order valence-electron chi connectivity index (χ0n) is 17.4. The van der Waals surface area contributed by atoms with Gasteiger partial charge in [-0.3, -0.25) is 14.5 Å². The van der Waals surface area contributed by atoms with Crippen molar-refractivity contribution < 1.29 is 19.4 Å². The lowest BCUT2D eigenvalue weighted by atomic mass is 9.95. The Balaban J connectivity index is 1.73. The Bertz CT molecular complexity index is 1430. The van der Waals surface area contributed by atoms with E-state index >= 15 is 0 Å². The number of halogens is 1. The Morgan fingerprint density at radius 1 is 1.06 bits per heavy atom. The number of ketones is 1. The van der Waals surface area contributed by atoms with Gasteiger partial charge in [-0.15, -0.1) is 0 Å². The predicted octanol–water partition coefficient (Wildman–Crippen LogP) is 5.69. The first-order chi connectivity index (χ1) is 16.0. The molecule has 1 atom stereocenters. The molecule has 3 aromatic carbocycles. The number of thiazole rings is 1. The molecule has 0 spiro atoms. The van der Waals surface area contributed by atoms with Crippen molar-refractivity contribution in [2.24, 2.45) is 0 Å². The molecule has 33 heavy (non-hydrogen) atoms. The topological polar surface area (TPSA) is 79.7 Å². The fourth-order valence-corrected chi connectivity index (χ4v) is 5.33. The lowest BCUT2D eigenvalue weighted by Gasteiger charge is -2.23. The number of ether oxygens (including phenoxy) is 1. The van der Waals surface area contributed by atoms with Gasteiger partial charge >= 0.3 is 5.91 Å². The molecule has 1 aliphatic rings. The third kappa shape index (κ3) is 3.71. The number of nitrogens with zero attached hydrogens (tertiary/aromatic N) is 2. The first-order valence-corrected chi connectivity index (χ1v) is 11.7. The molecule has 164 valence electrons. The Morgan fingerprint density at radius 2 is 1.85 bits per heavy atom. The summed E-state index contributed by atoms with van der Waals surface area (Å²) in [6.07, 6.45) is 0. The second-order valence-corrected chi connectivity index (χ2v) is 9.34. The summed E-state index contributed by atoms with van der Waals surface area (Å²) >= 11 is 4.76. The molecule has 8 heteroatoms. The number of anilines is 1. The van der Waals surface area contributed by atoms with Crippen LogP contribution in [0.5, 0.6) is 5.75 Å². The van der Waals surface area contributed by atoms with Gasteiger partial charge in [0.25, 0.3) is 5.78 Å². The molecule has 0 saturated carbocycles. The van der Waals surface area contributed by atoms with Crippen LogP contribution in [0, 0.1) is 0 Å². The highest BCUT2D eigenvalue weighted by atomic mass is 79.9. The molecule has 6 nitrogen and oxygen atoms in total. The first-order valence-electron chi connectivity index (χ1n) is 10.0.